The van der Waals surface area contributed by atoms with E-state index in [-0.39, 0.29) is 74.2 Å². The molecule has 0 saturated carbocycles. The molecule has 0 amide bonds. The Bertz CT molecular complexity index is 851. The van der Waals surface area contributed by atoms with E-state index in [0.717, 1.165) is 79.2 Å². The van der Waals surface area contributed by atoms with E-state index in [9.17, 15) is 0 Å². The Balaban J connectivity index is -0.0000000399. The smallest absolute Gasteiger partial charge is 0.857 e. The fourth-order valence-electron chi connectivity index (χ4n) is 1.84. The molecule has 20 nitrogen and oxygen atoms in total. The zero-order valence-electron chi connectivity index (χ0n) is 36.4. The van der Waals surface area contributed by atoms with Gasteiger partial charge in [0.1, 0.15) is 12.4 Å². The van der Waals surface area contributed by atoms with Crippen molar-refractivity contribution in [3.05, 3.63) is 12.3 Å². The van der Waals surface area contributed by atoms with Gasteiger partial charge in [0.05, 0.1) is 83.1 Å². The first-order valence-electron chi connectivity index (χ1n) is 17.1. The molecule has 2 aliphatic heterocycles. The topological polar surface area (TPSA) is 370 Å². The fourth-order valence-corrected chi connectivity index (χ4v) is 1.84. The number of morpholine rings is 1. The molecule has 0 aromatic rings. The summed E-state index contributed by atoms with van der Waals surface area (Å²) in [7, 11) is 1.75. The van der Waals surface area contributed by atoms with Crippen LogP contribution in [0.3, 0.4) is 0 Å². The van der Waals surface area contributed by atoms with Gasteiger partial charge in [-0.3, -0.25) is 19.8 Å². The number of carboxylic acid groups (broad SMARTS) is 1. The van der Waals surface area contributed by atoms with Gasteiger partial charge in [0.25, 0.3) is 5.97 Å². The van der Waals surface area contributed by atoms with Gasteiger partial charge in [0.15, 0.2) is 0 Å². The summed E-state index contributed by atoms with van der Waals surface area (Å²) in [4.78, 5) is 20.5. The Morgan fingerprint density at radius 3 is 1.40 bits per heavy atom. The number of hydrogen-bond acceptors (Lipinski definition) is 17. The molecular formula is C34H79Cl2N10NaO10. The molecule has 1 saturated heterocycles. The predicted molar refractivity (Wildman–Crippen MR) is 230 cm³/mol. The number of nitriles is 2. The number of nitrogens with one attached hydrogen (secondary N) is 1. The minimum atomic E-state index is -0.833. The number of nitrogens with zero attached hydrogens (tertiary/aromatic N) is 5. The van der Waals surface area contributed by atoms with Gasteiger partial charge in [-0.15, -0.1) is 24.8 Å². The zero-order chi connectivity index (χ0) is 44.3. The minimum Gasteiger partial charge on any atom is -0.857 e. The van der Waals surface area contributed by atoms with Crippen molar-refractivity contribution in [2.45, 2.75) is 67.7 Å². The second kappa shape index (κ2) is 99.5. The largest absolute Gasteiger partial charge is 1.00 e. The summed E-state index contributed by atoms with van der Waals surface area (Å²) in [5.41, 5.74) is 21.6. The van der Waals surface area contributed by atoms with Crippen LogP contribution in [0, 0.1) is 22.7 Å². The van der Waals surface area contributed by atoms with E-state index in [1.807, 2.05) is 40.7 Å². The van der Waals surface area contributed by atoms with Crippen molar-refractivity contribution in [1.29, 1.82) is 10.5 Å². The molecule has 0 aromatic carbocycles. The van der Waals surface area contributed by atoms with Gasteiger partial charge in [-0.25, -0.2) is 0 Å². The molecule has 0 atom stereocenters. The third-order valence-corrected chi connectivity index (χ3v) is 3.95. The maximum Gasteiger partial charge on any atom is 1.00 e. The number of hydrogen-bond donors (Lipinski definition) is 10. The number of aliphatic carboxylic acids is 1. The number of rotatable bonds is 9. The van der Waals surface area contributed by atoms with Gasteiger partial charge in [0.2, 0.25) is 0 Å². The maximum atomic E-state index is 9.00. The van der Waals surface area contributed by atoms with Gasteiger partial charge in [-0.1, -0.05) is 27.4 Å². The number of carboxylic acids is 1. The first kappa shape index (κ1) is 86.5. The average Bonchev–Trinajstić information content (AvgIpc) is 3.19. The Hall–Kier alpha value is -2.38. The van der Waals surface area contributed by atoms with Crippen LogP contribution in [0.15, 0.2) is 27.3 Å². The summed E-state index contributed by atoms with van der Waals surface area (Å²) in [6.45, 7) is 23.4. The number of halogens is 2. The van der Waals surface area contributed by atoms with Gasteiger partial charge in [-0.2, -0.15) is 17.6 Å². The number of aliphatic hydroxyl groups excluding tert-OH is 4. The molecular weight excluding hydrogens is 802 g/mol. The van der Waals surface area contributed by atoms with E-state index >= 15 is 0 Å². The van der Waals surface area contributed by atoms with Crippen molar-refractivity contribution in [2.75, 3.05) is 106 Å². The molecule has 0 aliphatic carbocycles. The molecule has 23 heteroatoms. The zero-order valence-corrected chi connectivity index (χ0v) is 40.0. The number of carbonyl (C=O) groups is 1. The number of aliphatic imine (C=N–C) groups is 3. The third kappa shape index (κ3) is 163. The molecule has 57 heavy (non-hydrogen) atoms. The summed E-state index contributed by atoms with van der Waals surface area (Å²) in [6.07, 6.45) is 2.15. The van der Waals surface area contributed by atoms with Crippen molar-refractivity contribution in [2.24, 2.45) is 37.9 Å². The van der Waals surface area contributed by atoms with Crippen LogP contribution in [0.2, 0.25) is 0 Å². The second-order valence-electron chi connectivity index (χ2n) is 8.46. The summed E-state index contributed by atoms with van der Waals surface area (Å²) in [6, 6.07) is 3.68. The van der Waals surface area contributed by atoms with Crippen LogP contribution >= 0.6 is 24.8 Å². The van der Waals surface area contributed by atoms with Crippen LogP contribution in [0.4, 0.5) is 0 Å². The first-order chi connectivity index (χ1) is 25.8. The van der Waals surface area contributed by atoms with Crippen LogP contribution in [-0.4, -0.2) is 155 Å². The van der Waals surface area contributed by atoms with Crippen LogP contribution < -0.4 is 62.9 Å². The SMILES string of the molecule is C=C1COCCN1.CC#N.CC(=O)O.CCC#N.CCC(N)=NCCO.CCC(N)=NCCO.CCOCC.CO.C[O-].Cl.Cl.NC1=NCCOC1.NCCO.[Na+]. The molecule has 2 heterocycles. The normalized spacial score (nSPS) is 11.0. The van der Waals surface area contributed by atoms with E-state index in [1.54, 1.807) is 6.07 Å². The number of amidine groups is 3. The van der Waals surface area contributed by atoms with Crippen LogP contribution in [0.1, 0.15) is 67.7 Å². The monoisotopic (exact) mass is 881 g/mol. The van der Waals surface area contributed by atoms with Crippen molar-refractivity contribution in [3.8, 4) is 12.1 Å². The van der Waals surface area contributed by atoms with Crippen molar-refractivity contribution >= 4 is 48.3 Å². The number of ether oxygens (including phenoxy) is 3. The Morgan fingerprint density at radius 2 is 1.28 bits per heavy atom. The standard InChI is InChI=1S/2C5H12N2O.C5H9NO.C4H8N2O.C4H10O.C3H5N.C2H7NO.C2H3N.C2H4O2.CH4O.CH3O.2ClH.Na/c2*1-2-5(6)7-3-4-8;1-5-4-7-3-2-6-5;5-4-3-7-2-1-6-4;1-3-5-4-2;1-2-3-4;3-1-2-4;1-2-3;1-2(3)4;2*1-2;;;/h2*8H,2-4H2,1H3,(H2,6,7);6H,1-4H2;1-3H2,(H2,5,6);3-4H2,1-2H3;2H2,1H3;4H,1-3H2;1H3;1H3,(H,3,4);2H,1H3;1H3;2*1H;/q;;;;;;;;;;-1;;;+1. The summed E-state index contributed by atoms with van der Waals surface area (Å²) >= 11 is 0. The summed E-state index contributed by atoms with van der Waals surface area (Å²) < 4.78 is 14.8. The molecule has 0 spiro atoms. The van der Waals surface area contributed by atoms with E-state index < -0.39 is 5.97 Å². The van der Waals surface area contributed by atoms with E-state index in [0.29, 0.717) is 56.8 Å². The predicted octanol–water partition coefficient (Wildman–Crippen LogP) is -3.06. The first-order valence-corrected chi connectivity index (χ1v) is 17.1. The summed E-state index contributed by atoms with van der Waals surface area (Å²) in [5.74, 6) is 1.00. The van der Waals surface area contributed by atoms with Gasteiger partial charge < -0.3 is 73.1 Å². The maximum absolute atomic E-state index is 9.00. The van der Waals surface area contributed by atoms with Gasteiger partial charge >= 0.3 is 29.6 Å². The molecule has 0 bridgehead atoms. The Kier molecular flexibility index (Phi) is 151. The summed E-state index contributed by atoms with van der Waals surface area (Å²) in [5, 5.41) is 64.9. The van der Waals surface area contributed by atoms with Crippen molar-refractivity contribution in [3.63, 3.8) is 0 Å². The van der Waals surface area contributed by atoms with E-state index in [2.05, 4.69) is 26.9 Å². The fraction of sp³-hybridized carbons (Fsp3) is 0.765. The van der Waals surface area contributed by atoms with Crippen LogP contribution in [-0.2, 0) is 19.0 Å². The molecule has 2 rings (SSSR count). The second-order valence-corrected chi connectivity index (χ2v) is 8.46. The van der Waals surface area contributed by atoms with E-state index in [1.165, 1.54) is 6.92 Å². The van der Waals surface area contributed by atoms with Crippen molar-refractivity contribution < 1.29 is 79.2 Å². The van der Waals surface area contributed by atoms with Gasteiger partial charge in [-0.05, 0) is 13.8 Å². The molecule has 2 aliphatic rings. The molecule has 14 N–H and O–H groups in total. The van der Waals surface area contributed by atoms with Crippen LogP contribution in [0.5, 0.6) is 0 Å². The molecule has 1 fully saturated rings. The van der Waals surface area contributed by atoms with E-state index in [4.69, 9.17) is 83.1 Å². The quantitative estimate of drug-likeness (QED) is 0.0624. The molecule has 0 aromatic heterocycles. The number of nitrogens with two attached hydrogens (primary N) is 4. The molecule has 0 radical (unpaired) electrons. The average molecular weight is 882 g/mol. The Labute approximate surface area is 378 Å². The molecule has 0 unspecified atom stereocenters. The molecule has 340 valence electrons. The van der Waals surface area contributed by atoms with Crippen molar-refractivity contribution in [1.82, 2.24) is 5.32 Å². The van der Waals surface area contributed by atoms with Gasteiger partial charge in [0, 0.05) is 72.2 Å². The minimum absolute atomic E-state index is 0. The number of aliphatic hydroxyl groups is 4. The third-order valence-electron chi connectivity index (χ3n) is 3.95. The Morgan fingerprint density at radius 1 is 0.930 bits per heavy atom. The van der Waals surface area contributed by atoms with Crippen LogP contribution in [0.25, 0.3) is 0 Å².